The molecule has 0 bridgehead atoms. The molecule has 2 aromatic carbocycles. The summed E-state index contributed by atoms with van der Waals surface area (Å²) in [5.41, 5.74) is 1.51. The first-order valence-corrected chi connectivity index (χ1v) is 8.27. The number of hydrogen-bond donors (Lipinski definition) is 0. The molecular formula is C19H16ClF2N3O. The molecule has 0 N–H and O–H groups in total. The smallest absolute Gasteiger partial charge is 0.257 e. The highest BCUT2D eigenvalue weighted by molar-refractivity contribution is 6.31. The van der Waals surface area contributed by atoms with Crippen LogP contribution in [0.2, 0.25) is 5.02 Å². The number of carbonyl (C=O) groups excluding carboxylic acids is 1. The maximum atomic E-state index is 13.8. The maximum absolute atomic E-state index is 13.8. The van der Waals surface area contributed by atoms with Crippen LogP contribution in [0, 0.1) is 11.6 Å². The highest BCUT2D eigenvalue weighted by Gasteiger charge is 2.16. The minimum absolute atomic E-state index is 0.0284. The Hall–Kier alpha value is -2.73. The number of amides is 1. The van der Waals surface area contributed by atoms with Gasteiger partial charge >= 0.3 is 0 Å². The second-order valence-electron chi connectivity index (χ2n) is 5.91. The van der Waals surface area contributed by atoms with Gasteiger partial charge in [-0.1, -0.05) is 35.9 Å². The number of nitrogens with zero attached hydrogens (tertiary/aromatic N) is 3. The van der Waals surface area contributed by atoms with Crippen molar-refractivity contribution in [1.82, 2.24) is 14.7 Å². The number of benzene rings is 2. The molecule has 1 heterocycles. The maximum Gasteiger partial charge on any atom is 0.257 e. The average molecular weight is 376 g/mol. The minimum Gasteiger partial charge on any atom is -0.337 e. The minimum atomic E-state index is -0.681. The molecule has 0 atom stereocenters. The molecule has 7 heteroatoms. The van der Waals surface area contributed by atoms with E-state index in [0.29, 0.717) is 17.1 Å². The summed E-state index contributed by atoms with van der Waals surface area (Å²) in [7, 11) is 1.55. The summed E-state index contributed by atoms with van der Waals surface area (Å²) in [4.78, 5) is 13.9. The first-order valence-electron chi connectivity index (χ1n) is 7.89. The molecule has 0 spiro atoms. The lowest BCUT2D eigenvalue weighted by Gasteiger charge is -2.16. The summed E-state index contributed by atoms with van der Waals surface area (Å²) in [6.07, 6.45) is 3.07. The molecule has 0 saturated carbocycles. The normalized spacial score (nSPS) is 10.8. The molecule has 0 unspecified atom stereocenters. The largest absolute Gasteiger partial charge is 0.337 e. The highest BCUT2D eigenvalue weighted by atomic mass is 35.5. The van der Waals surface area contributed by atoms with Gasteiger partial charge in [0.25, 0.3) is 5.91 Å². The number of carbonyl (C=O) groups is 1. The molecule has 26 heavy (non-hydrogen) atoms. The Morgan fingerprint density at radius 1 is 1.19 bits per heavy atom. The van der Waals surface area contributed by atoms with Crippen LogP contribution in [0.25, 0.3) is 0 Å². The molecule has 4 nitrogen and oxygen atoms in total. The topological polar surface area (TPSA) is 38.1 Å². The van der Waals surface area contributed by atoms with Gasteiger partial charge < -0.3 is 4.90 Å². The zero-order valence-corrected chi connectivity index (χ0v) is 14.8. The quantitative estimate of drug-likeness (QED) is 0.672. The lowest BCUT2D eigenvalue weighted by Crippen LogP contribution is -2.26. The Labute approximate surface area is 154 Å². The summed E-state index contributed by atoms with van der Waals surface area (Å²) >= 11 is 6.13. The van der Waals surface area contributed by atoms with Gasteiger partial charge in [-0.15, -0.1) is 0 Å². The van der Waals surface area contributed by atoms with Crippen molar-refractivity contribution >= 4 is 17.5 Å². The Kier molecular flexibility index (Phi) is 5.32. The van der Waals surface area contributed by atoms with E-state index in [2.05, 4.69) is 5.10 Å². The number of aromatic nitrogens is 2. The predicted molar refractivity (Wildman–Crippen MR) is 94.9 cm³/mol. The third-order valence-corrected chi connectivity index (χ3v) is 4.31. The van der Waals surface area contributed by atoms with Crippen LogP contribution >= 0.6 is 11.6 Å². The van der Waals surface area contributed by atoms with Crippen LogP contribution < -0.4 is 0 Å². The van der Waals surface area contributed by atoms with E-state index in [0.717, 1.165) is 11.6 Å². The molecule has 0 aliphatic heterocycles. The summed E-state index contributed by atoms with van der Waals surface area (Å²) in [6.45, 7) is 0.462. The van der Waals surface area contributed by atoms with Crippen molar-refractivity contribution in [2.75, 3.05) is 7.05 Å². The Morgan fingerprint density at radius 2 is 1.96 bits per heavy atom. The number of rotatable bonds is 5. The van der Waals surface area contributed by atoms with E-state index < -0.39 is 11.6 Å². The van der Waals surface area contributed by atoms with Gasteiger partial charge in [0.2, 0.25) is 0 Å². The van der Waals surface area contributed by atoms with E-state index in [1.165, 1.54) is 23.2 Å². The first-order chi connectivity index (χ1) is 12.4. The molecule has 0 aliphatic carbocycles. The van der Waals surface area contributed by atoms with Crippen LogP contribution in [-0.2, 0) is 13.1 Å². The van der Waals surface area contributed by atoms with Gasteiger partial charge in [-0.3, -0.25) is 9.48 Å². The van der Waals surface area contributed by atoms with Crippen molar-refractivity contribution in [3.63, 3.8) is 0 Å². The molecule has 3 rings (SSSR count). The van der Waals surface area contributed by atoms with Crippen molar-refractivity contribution in [3.8, 4) is 0 Å². The van der Waals surface area contributed by atoms with Crippen molar-refractivity contribution in [2.45, 2.75) is 13.1 Å². The molecular weight excluding hydrogens is 360 g/mol. The molecule has 0 saturated heterocycles. The molecule has 0 fully saturated rings. The van der Waals surface area contributed by atoms with E-state index in [9.17, 15) is 13.6 Å². The monoisotopic (exact) mass is 375 g/mol. The first kappa shape index (κ1) is 18.1. The Morgan fingerprint density at radius 3 is 2.69 bits per heavy atom. The van der Waals surface area contributed by atoms with Crippen LogP contribution in [0.1, 0.15) is 21.5 Å². The standard InChI is InChI=1S/C19H16ClF2N3O/c1-24(10-14-6-7-16(21)8-18(14)22)19(26)15-9-23-25(12-15)11-13-4-2-3-5-17(13)20/h2-9,12H,10-11H2,1H3. The third kappa shape index (κ3) is 4.08. The van der Waals surface area contributed by atoms with Crippen molar-refractivity contribution in [1.29, 1.82) is 0 Å². The van der Waals surface area contributed by atoms with E-state index in [1.807, 2.05) is 18.2 Å². The summed E-state index contributed by atoms with van der Waals surface area (Å²) in [6, 6.07) is 10.7. The van der Waals surface area contributed by atoms with Gasteiger partial charge in [-0.25, -0.2) is 8.78 Å². The fourth-order valence-electron chi connectivity index (χ4n) is 2.56. The van der Waals surface area contributed by atoms with Crippen LogP contribution in [-0.4, -0.2) is 27.6 Å². The van der Waals surface area contributed by atoms with Gasteiger partial charge in [0, 0.05) is 36.4 Å². The van der Waals surface area contributed by atoms with E-state index in [-0.39, 0.29) is 18.0 Å². The van der Waals surface area contributed by atoms with Crippen molar-refractivity contribution < 1.29 is 13.6 Å². The average Bonchev–Trinajstić information content (AvgIpc) is 3.07. The van der Waals surface area contributed by atoms with Gasteiger partial charge in [-0.2, -0.15) is 5.10 Å². The molecule has 1 amide bonds. The zero-order valence-electron chi connectivity index (χ0n) is 14.0. The lowest BCUT2D eigenvalue weighted by molar-refractivity contribution is 0.0783. The summed E-state index contributed by atoms with van der Waals surface area (Å²) in [5, 5.41) is 4.80. The fraction of sp³-hybridized carbons (Fsp3) is 0.158. The SMILES string of the molecule is CN(Cc1ccc(F)cc1F)C(=O)c1cnn(Cc2ccccc2Cl)c1. The molecule has 0 aliphatic rings. The fourth-order valence-corrected chi connectivity index (χ4v) is 2.75. The highest BCUT2D eigenvalue weighted by Crippen LogP contribution is 2.17. The second-order valence-corrected chi connectivity index (χ2v) is 6.32. The number of halogens is 3. The van der Waals surface area contributed by atoms with Crippen LogP contribution in [0.15, 0.2) is 54.9 Å². The molecule has 0 radical (unpaired) electrons. The van der Waals surface area contributed by atoms with Gasteiger partial charge in [0.05, 0.1) is 18.3 Å². The van der Waals surface area contributed by atoms with Crippen LogP contribution in [0.4, 0.5) is 8.78 Å². The van der Waals surface area contributed by atoms with Crippen molar-refractivity contribution in [2.24, 2.45) is 0 Å². The van der Waals surface area contributed by atoms with Gasteiger partial charge in [0.1, 0.15) is 11.6 Å². The predicted octanol–water partition coefficient (Wildman–Crippen LogP) is 4.14. The second kappa shape index (κ2) is 7.66. The zero-order chi connectivity index (χ0) is 18.7. The lowest BCUT2D eigenvalue weighted by atomic mass is 10.2. The summed E-state index contributed by atoms with van der Waals surface area (Å²) in [5.74, 6) is -1.64. The molecule has 1 aromatic heterocycles. The van der Waals surface area contributed by atoms with E-state index >= 15 is 0 Å². The van der Waals surface area contributed by atoms with Crippen molar-refractivity contribution in [3.05, 3.63) is 88.2 Å². The Bertz CT molecular complexity index is 942. The van der Waals surface area contributed by atoms with Gasteiger partial charge in [0.15, 0.2) is 0 Å². The van der Waals surface area contributed by atoms with Gasteiger partial charge in [-0.05, 0) is 17.7 Å². The third-order valence-electron chi connectivity index (χ3n) is 3.94. The molecule has 3 aromatic rings. The van der Waals surface area contributed by atoms with E-state index in [1.54, 1.807) is 24.0 Å². The molecule has 134 valence electrons. The number of hydrogen-bond acceptors (Lipinski definition) is 2. The Balaban J connectivity index is 1.70. The summed E-state index contributed by atoms with van der Waals surface area (Å²) < 4.78 is 28.3. The van der Waals surface area contributed by atoms with Crippen LogP contribution in [0.3, 0.4) is 0 Å². The van der Waals surface area contributed by atoms with E-state index in [4.69, 9.17) is 11.6 Å². The van der Waals surface area contributed by atoms with Crippen LogP contribution in [0.5, 0.6) is 0 Å².